The van der Waals surface area contributed by atoms with E-state index in [1.54, 1.807) is 6.33 Å². The number of allylic oxidation sites excluding steroid dienone is 1. The lowest BCUT2D eigenvalue weighted by Crippen LogP contribution is -2.18. The molecule has 4 rings (SSSR count). The van der Waals surface area contributed by atoms with E-state index < -0.39 is 0 Å². The molecule has 0 saturated carbocycles. The van der Waals surface area contributed by atoms with Gasteiger partial charge in [0.25, 0.3) is 0 Å². The molecule has 0 N–H and O–H groups in total. The number of hydrogen-bond acceptors (Lipinski definition) is 5. The molecule has 2 aliphatic rings. The normalized spacial score (nSPS) is 28.9. The van der Waals surface area contributed by atoms with E-state index in [0.717, 1.165) is 0 Å². The Bertz CT molecular complexity index is 711. The van der Waals surface area contributed by atoms with Crippen molar-refractivity contribution in [2.75, 3.05) is 0 Å². The van der Waals surface area contributed by atoms with Gasteiger partial charge >= 0.3 is 5.97 Å². The monoisotopic (exact) mass is 276 g/mol. The molecule has 2 aromatic heterocycles. The molecule has 0 unspecified atom stereocenters. The minimum atomic E-state index is -0.151. The summed E-state index contributed by atoms with van der Waals surface area (Å²) in [6, 6.07) is 0.0208. The van der Waals surface area contributed by atoms with E-state index in [9.17, 15) is 4.79 Å². The Balaban J connectivity index is 1.81. The summed E-state index contributed by atoms with van der Waals surface area (Å²) in [4.78, 5) is 23.7. The molecular weight excluding hydrogens is 268 g/mol. The molecular formula is C12H9ClN4O2. The van der Waals surface area contributed by atoms with Crippen LogP contribution in [0.15, 0.2) is 24.8 Å². The van der Waals surface area contributed by atoms with Gasteiger partial charge in [-0.05, 0) is 6.08 Å². The van der Waals surface area contributed by atoms with Gasteiger partial charge < -0.3 is 9.30 Å². The lowest BCUT2D eigenvalue weighted by molar-refractivity contribution is -0.140. The van der Waals surface area contributed by atoms with Crippen molar-refractivity contribution >= 4 is 28.7 Å². The number of imidazole rings is 1. The Hall–Kier alpha value is -1.95. The lowest BCUT2D eigenvalue weighted by Gasteiger charge is -2.17. The van der Waals surface area contributed by atoms with Crippen molar-refractivity contribution in [3.63, 3.8) is 0 Å². The third-order valence-electron chi connectivity index (χ3n) is 3.66. The molecule has 1 aliphatic heterocycles. The van der Waals surface area contributed by atoms with Crippen LogP contribution in [-0.4, -0.2) is 31.6 Å². The molecule has 3 heterocycles. The second kappa shape index (κ2) is 3.77. The molecule has 1 aliphatic carbocycles. The van der Waals surface area contributed by atoms with Crippen LogP contribution in [0.5, 0.6) is 0 Å². The molecule has 0 spiro atoms. The topological polar surface area (TPSA) is 69.9 Å². The molecule has 0 amide bonds. The molecule has 0 bridgehead atoms. The molecule has 7 heteroatoms. The van der Waals surface area contributed by atoms with Crippen LogP contribution in [0.3, 0.4) is 0 Å². The average molecular weight is 277 g/mol. The fourth-order valence-corrected chi connectivity index (χ4v) is 2.98. The number of esters is 1. The molecule has 2 aromatic rings. The van der Waals surface area contributed by atoms with Gasteiger partial charge in [0.15, 0.2) is 10.8 Å². The SMILES string of the molecule is O=C1C[C@H]2[C@H](C=C[C@@H]2n2cnc3c(Cl)ncnc32)O1. The maximum atomic E-state index is 11.4. The Kier molecular flexibility index (Phi) is 2.17. The van der Waals surface area contributed by atoms with Crippen LogP contribution in [0.1, 0.15) is 12.5 Å². The largest absolute Gasteiger partial charge is 0.458 e. The van der Waals surface area contributed by atoms with Gasteiger partial charge in [-0.25, -0.2) is 15.0 Å². The van der Waals surface area contributed by atoms with Crippen molar-refractivity contribution in [1.29, 1.82) is 0 Å². The highest BCUT2D eigenvalue weighted by atomic mass is 35.5. The fourth-order valence-electron chi connectivity index (χ4n) is 2.80. The Morgan fingerprint density at radius 2 is 2.21 bits per heavy atom. The molecule has 19 heavy (non-hydrogen) atoms. The number of halogens is 1. The Morgan fingerprint density at radius 3 is 3.11 bits per heavy atom. The van der Waals surface area contributed by atoms with Crippen LogP contribution in [0.4, 0.5) is 0 Å². The Labute approximate surface area is 113 Å². The highest BCUT2D eigenvalue weighted by Gasteiger charge is 2.42. The highest BCUT2D eigenvalue weighted by molar-refractivity contribution is 6.33. The van der Waals surface area contributed by atoms with Crippen LogP contribution in [0.25, 0.3) is 11.2 Å². The number of carbonyl (C=O) groups is 1. The van der Waals surface area contributed by atoms with Crippen molar-refractivity contribution in [1.82, 2.24) is 19.5 Å². The fraction of sp³-hybridized carbons (Fsp3) is 0.333. The zero-order chi connectivity index (χ0) is 13.0. The predicted octanol–water partition coefficient (Wildman–Crippen LogP) is 1.52. The zero-order valence-corrected chi connectivity index (χ0v) is 10.5. The molecule has 6 nitrogen and oxygen atoms in total. The lowest BCUT2D eigenvalue weighted by atomic mass is 9.99. The number of aromatic nitrogens is 4. The third-order valence-corrected chi connectivity index (χ3v) is 3.94. The van der Waals surface area contributed by atoms with Crippen molar-refractivity contribution < 1.29 is 9.53 Å². The second-order valence-corrected chi connectivity index (χ2v) is 5.04. The number of ether oxygens (including phenoxy) is 1. The van der Waals surface area contributed by atoms with Gasteiger partial charge in [-0.2, -0.15) is 0 Å². The number of fused-ring (bicyclic) bond motifs is 2. The van der Waals surface area contributed by atoms with Crippen molar-refractivity contribution in [3.8, 4) is 0 Å². The molecule has 1 saturated heterocycles. The maximum Gasteiger partial charge on any atom is 0.306 e. The first-order valence-electron chi connectivity index (χ1n) is 5.95. The summed E-state index contributed by atoms with van der Waals surface area (Å²) in [5.41, 5.74) is 1.25. The molecule has 0 aromatic carbocycles. The van der Waals surface area contributed by atoms with Crippen molar-refractivity contribution in [3.05, 3.63) is 30.0 Å². The number of hydrogen-bond donors (Lipinski definition) is 0. The van der Waals surface area contributed by atoms with Crippen LogP contribution in [0.2, 0.25) is 5.15 Å². The van der Waals surface area contributed by atoms with Crippen molar-refractivity contribution in [2.24, 2.45) is 5.92 Å². The minimum absolute atomic E-state index is 0.0208. The molecule has 96 valence electrons. The van der Waals surface area contributed by atoms with Gasteiger partial charge in [0.2, 0.25) is 0 Å². The van der Waals surface area contributed by atoms with E-state index in [0.29, 0.717) is 22.7 Å². The second-order valence-electron chi connectivity index (χ2n) is 4.69. The number of rotatable bonds is 1. The molecule has 0 radical (unpaired) electrons. The van der Waals surface area contributed by atoms with Gasteiger partial charge in [0.05, 0.1) is 18.8 Å². The number of carbonyl (C=O) groups excluding carboxylic acids is 1. The molecule has 1 fully saturated rings. The quantitative estimate of drug-likeness (QED) is 0.449. The van der Waals surface area contributed by atoms with Gasteiger partial charge in [-0.3, -0.25) is 4.79 Å². The van der Waals surface area contributed by atoms with E-state index in [1.165, 1.54) is 6.33 Å². The number of nitrogens with zero attached hydrogens (tertiary/aromatic N) is 4. The zero-order valence-electron chi connectivity index (χ0n) is 9.73. The standard InChI is InChI=1S/C12H9ClN4O2/c13-11-10-12(15-4-14-11)17(5-16-10)7-1-2-8-6(7)3-9(18)19-8/h1-2,4-8H,3H2/t6-,7+,8+/m1/s1. The summed E-state index contributed by atoms with van der Waals surface area (Å²) in [5, 5.41) is 0.334. The van der Waals surface area contributed by atoms with Gasteiger partial charge in [-0.15, -0.1) is 0 Å². The summed E-state index contributed by atoms with van der Waals surface area (Å²) in [7, 11) is 0. The van der Waals surface area contributed by atoms with E-state index in [-0.39, 0.29) is 24.0 Å². The maximum absolute atomic E-state index is 11.4. The summed E-state index contributed by atoms with van der Waals surface area (Å²) in [5.74, 6) is -0.0416. The summed E-state index contributed by atoms with van der Waals surface area (Å²) >= 11 is 5.99. The summed E-state index contributed by atoms with van der Waals surface area (Å²) in [6.45, 7) is 0. The third kappa shape index (κ3) is 1.49. The first-order valence-corrected chi connectivity index (χ1v) is 6.32. The first kappa shape index (κ1) is 10.9. The smallest absolute Gasteiger partial charge is 0.306 e. The summed E-state index contributed by atoms with van der Waals surface area (Å²) in [6.07, 6.45) is 7.34. The van der Waals surface area contributed by atoms with E-state index in [2.05, 4.69) is 15.0 Å². The van der Waals surface area contributed by atoms with Crippen LogP contribution >= 0.6 is 11.6 Å². The average Bonchev–Trinajstić information content (AvgIpc) is 3.03. The highest BCUT2D eigenvalue weighted by Crippen LogP contribution is 2.40. The van der Waals surface area contributed by atoms with Gasteiger partial charge in [0, 0.05) is 5.92 Å². The van der Waals surface area contributed by atoms with Crippen molar-refractivity contribution in [2.45, 2.75) is 18.6 Å². The van der Waals surface area contributed by atoms with E-state index in [1.807, 2.05) is 16.7 Å². The Morgan fingerprint density at radius 1 is 1.32 bits per heavy atom. The van der Waals surface area contributed by atoms with Crippen LogP contribution in [-0.2, 0) is 9.53 Å². The predicted molar refractivity (Wildman–Crippen MR) is 66.5 cm³/mol. The van der Waals surface area contributed by atoms with Gasteiger partial charge in [-0.1, -0.05) is 17.7 Å². The van der Waals surface area contributed by atoms with Gasteiger partial charge in [0.1, 0.15) is 17.9 Å². The molecule has 3 atom stereocenters. The van der Waals surface area contributed by atoms with Crippen LogP contribution < -0.4 is 0 Å². The van der Waals surface area contributed by atoms with E-state index in [4.69, 9.17) is 16.3 Å². The minimum Gasteiger partial charge on any atom is -0.458 e. The summed E-state index contributed by atoms with van der Waals surface area (Å²) < 4.78 is 7.15. The van der Waals surface area contributed by atoms with E-state index >= 15 is 0 Å². The first-order chi connectivity index (χ1) is 9.24. The van der Waals surface area contributed by atoms with Crippen LogP contribution in [0, 0.1) is 5.92 Å².